The smallest absolute Gasteiger partial charge is 0.306 e. The van der Waals surface area contributed by atoms with Crippen LogP contribution in [-0.2, 0) is 9.59 Å². The van der Waals surface area contributed by atoms with Gasteiger partial charge in [-0.1, -0.05) is 30.7 Å². The van der Waals surface area contributed by atoms with Crippen molar-refractivity contribution in [3.63, 3.8) is 0 Å². The molecule has 2 amide bonds. The summed E-state index contributed by atoms with van der Waals surface area (Å²) >= 11 is 5.85. The molecule has 6 nitrogen and oxygen atoms in total. The lowest BCUT2D eigenvalue weighted by Crippen LogP contribution is -2.41. The fourth-order valence-electron chi connectivity index (χ4n) is 1.71. The molecular weight excluding hydrogens is 296 g/mol. The second-order valence-electron chi connectivity index (χ2n) is 4.46. The number of aliphatic carboxylic acids is 1. The number of nitrogens with one attached hydrogen (secondary N) is 2. The first-order valence-electron chi connectivity index (χ1n) is 6.52. The Balaban J connectivity index is 2.41. The molecule has 0 fully saturated rings. The summed E-state index contributed by atoms with van der Waals surface area (Å²) in [7, 11) is 0. The summed E-state index contributed by atoms with van der Waals surface area (Å²) in [5.74, 6) is -2.46. The number of carbonyl (C=O) groups is 3. The zero-order valence-electron chi connectivity index (χ0n) is 11.6. The SMILES string of the molecule is CC[C@H](CCC(=O)NNC(=O)c1ccccc1Cl)C(=O)O. The number of halogens is 1. The van der Waals surface area contributed by atoms with Crippen LogP contribution in [0.25, 0.3) is 0 Å². The van der Waals surface area contributed by atoms with Gasteiger partial charge < -0.3 is 5.11 Å². The summed E-state index contributed by atoms with van der Waals surface area (Å²) in [6.45, 7) is 1.75. The second kappa shape index (κ2) is 8.26. The average molecular weight is 313 g/mol. The molecule has 1 aromatic rings. The minimum Gasteiger partial charge on any atom is -0.481 e. The van der Waals surface area contributed by atoms with Crippen LogP contribution in [-0.4, -0.2) is 22.9 Å². The average Bonchev–Trinajstić information content (AvgIpc) is 2.45. The van der Waals surface area contributed by atoms with Crippen LogP contribution in [0.2, 0.25) is 5.02 Å². The molecule has 1 rings (SSSR count). The molecule has 0 spiro atoms. The Bertz CT molecular complexity index is 533. The van der Waals surface area contributed by atoms with Crippen molar-refractivity contribution in [2.24, 2.45) is 5.92 Å². The van der Waals surface area contributed by atoms with Crippen LogP contribution < -0.4 is 10.9 Å². The Kier molecular flexibility index (Phi) is 6.68. The van der Waals surface area contributed by atoms with E-state index in [9.17, 15) is 14.4 Å². The first kappa shape index (κ1) is 17.0. The molecule has 0 aliphatic rings. The molecule has 7 heteroatoms. The van der Waals surface area contributed by atoms with Crippen molar-refractivity contribution in [1.82, 2.24) is 10.9 Å². The molecule has 21 heavy (non-hydrogen) atoms. The van der Waals surface area contributed by atoms with Crippen LogP contribution in [0.4, 0.5) is 0 Å². The largest absolute Gasteiger partial charge is 0.481 e. The molecule has 0 aliphatic heterocycles. The zero-order chi connectivity index (χ0) is 15.8. The van der Waals surface area contributed by atoms with Gasteiger partial charge in [0.25, 0.3) is 5.91 Å². The van der Waals surface area contributed by atoms with E-state index in [1.54, 1.807) is 25.1 Å². The van der Waals surface area contributed by atoms with Crippen molar-refractivity contribution in [3.8, 4) is 0 Å². The van der Waals surface area contributed by atoms with E-state index >= 15 is 0 Å². The lowest BCUT2D eigenvalue weighted by atomic mass is 10.0. The van der Waals surface area contributed by atoms with E-state index < -0.39 is 23.7 Å². The van der Waals surface area contributed by atoms with Crippen molar-refractivity contribution in [1.29, 1.82) is 0 Å². The molecule has 114 valence electrons. The maximum atomic E-state index is 11.8. The summed E-state index contributed by atoms with van der Waals surface area (Å²) < 4.78 is 0. The van der Waals surface area contributed by atoms with E-state index in [0.29, 0.717) is 6.42 Å². The van der Waals surface area contributed by atoms with Crippen molar-refractivity contribution in [2.75, 3.05) is 0 Å². The van der Waals surface area contributed by atoms with E-state index in [-0.39, 0.29) is 23.4 Å². The van der Waals surface area contributed by atoms with Crippen molar-refractivity contribution >= 4 is 29.4 Å². The van der Waals surface area contributed by atoms with Crippen LogP contribution in [0.15, 0.2) is 24.3 Å². The van der Waals surface area contributed by atoms with Gasteiger partial charge in [0, 0.05) is 6.42 Å². The Morgan fingerprint density at radius 3 is 2.48 bits per heavy atom. The quantitative estimate of drug-likeness (QED) is 0.700. The highest BCUT2D eigenvalue weighted by atomic mass is 35.5. The van der Waals surface area contributed by atoms with Crippen LogP contribution in [0.3, 0.4) is 0 Å². The van der Waals surface area contributed by atoms with E-state index in [4.69, 9.17) is 16.7 Å². The number of hydrazine groups is 1. The minimum absolute atomic E-state index is 0.0214. The molecule has 0 bridgehead atoms. The molecule has 3 N–H and O–H groups in total. The summed E-state index contributed by atoms with van der Waals surface area (Å²) in [5, 5.41) is 9.15. The summed E-state index contributed by atoms with van der Waals surface area (Å²) in [4.78, 5) is 34.1. The van der Waals surface area contributed by atoms with Crippen LogP contribution in [0.1, 0.15) is 36.5 Å². The molecule has 0 heterocycles. The number of benzene rings is 1. The van der Waals surface area contributed by atoms with Crippen molar-refractivity contribution < 1.29 is 19.5 Å². The zero-order valence-corrected chi connectivity index (χ0v) is 12.3. The van der Waals surface area contributed by atoms with Gasteiger partial charge in [-0.2, -0.15) is 0 Å². The molecule has 0 unspecified atom stereocenters. The third kappa shape index (κ3) is 5.43. The third-order valence-electron chi connectivity index (χ3n) is 3.00. The highest BCUT2D eigenvalue weighted by Crippen LogP contribution is 2.14. The molecule has 0 saturated carbocycles. The van der Waals surface area contributed by atoms with Crippen molar-refractivity contribution in [3.05, 3.63) is 34.9 Å². The van der Waals surface area contributed by atoms with Crippen LogP contribution in [0.5, 0.6) is 0 Å². The molecule has 1 atom stereocenters. The van der Waals surface area contributed by atoms with Gasteiger partial charge in [0.1, 0.15) is 0 Å². The fourth-order valence-corrected chi connectivity index (χ4v) is 1.93. The van der Waals surface area contributed by atoms with E-state index in [0.717, 1.165) is 0 Å². The minimum atomic E-state index is -0.926. The second-order valence-corrected chi connectivity index (χ2v) is 4.87. The molecular formula is C14H17ClN2O4. The number of hydrogen-bond donors (Lipinski definition) is 3. The predicted octanol–water partition coefficient (Wildman–Crippen LogP) is 1.99. The number of amides is 2. The Hall–Kier alpha value is -2.08. The van der Waals surface area contributed by atoms with Crippen LogP contribution in [0, 0.1) is 5.92 Å². The monoisotopic (exact) mass is 312 g/mol. The third-order valence-corrected chi connectivity index (χ3v) is 3.33. The number of rotatable bonds is 6. The predicted molar refractivity (Wildman–Crippen MR) is 77.7 cm³/mol. The van der Waals surface area contributed by atoms with Gasteiger partial charge in [-0.15, -0.1) is 0 Å². The lowest BCUT2D eigenvalue weighted by Gasteiger charge is -2.11. The molecule has 0 aromatic heterocycles. The summed E-state index contributed by atoms with van der Waals surface area (Å²) in [6.07, 6.45) is 0.696. The number of hydrogen-bond acceptors (Lipinski definition) is 3. The highest BCUT2D eigenvalue weighted by Gasteiger charge is 2.17. The topological polar surface area (TPSA) is 95.5 Å². The maximum Gasteiger partial charge on any atom is 0.306 e. The van der Waals surface area contributed by atoms with Gasteiger partial charge in [-0.3, -0.25) is 25.2 Å². The van der Waals surface area contributed by atoms with Gasteiger partial charge in [0.05, 0.1) is 16.5 Å². The van der Waals surface area contributed by atoms with Crippen molar-refractivity contribution in [2.45, 2.75) is 26.2 Å². The van der Waals surface area contributed by atoms with E-state index in [1.807, 2.05) is 0 Å². The van der Waals surface area contributed by atoms with Gasteiger partial charge >= 0.3 is 5.97 Å². The van der Waals surface area contributed by atoms with Gasteiger partial charge in [0.15, 0.2) is 0 Å². The normalized spacial score (nSPS) is 11.5. The highest BCUT2D eigenvalue weighted by molar-refractivity contribution is 6.33. The van der Waals surface area contributed by atoms with Gasteiger partial charge in [-0.25, -0.2) is 0 Å². The summed E-state index contributed by atoms with van der Waals surface area (Å²) in [6, 6.07) is 6.44. The first-order valence-corrected chi connectivity index (χ1v) is 6.90. The molecule has 0 aliphatic carbocycles. The van der Waals surface area contributed by atoms with E-state index in [2.05, 4.69) is 10.9 Å². The fraction of sp³-hybridized carbons (Fsp3) is 0.357. The van der Waals surface area contributed by atoms with E-state index in [1.165, 1.54) is 6.07 Å². The lowest BCUT2D eigenvalue weighted by molar-refractivity contribution is -0.142. The molecule has 1 aromatic carbocycles. The number of carbonyl (C=O) groups excluding carboxylic acids is 2. The Morgan fingerprint density at radius 1 is 1.24 bits per heavy atom. The van der Waals surface area contributed by atoms with Gasteiger partial charge in [-0.05, 0) is 25.0 Å². The molecule has 0 saturated heterocycles. The Labute approximate surface area is 127 Å². The molecule has 0 radical (unpaired) electrons. The number of carboxylic acids is 1. The van der Waals surface area contributed by atoms with Gasteiger partial charge in [0.2, 0.25) is 5.91 Å². The summed E-state index contributed by atoms with van der Waals surface area (Å²) in [5.41, 5.74) is 4.72. The first-order chi connectivity index (χ1) is 9.95. The maximum absolute atomic E-state index is 11.8. The number of carboxylic acid groups (broad SMARTS) is 1. The van der Waals surface area contributed by atoms with Crippen LogP contribution >= 0.6 is 11.6 Å². The standard InChI is InChI=1S/C14H17ClN2O4/c1-2-9(14(20)21)7-8-12(18)16-17-13(19)10-5-3-4-6-11(10)15/h3-6,9H,2,7-8H2,1H3,(H,16,18)(H,17,19)(H,20,21)/t9-/m1/s1. The Morgan fingerprint density at radius 2 is 1.90 bits per heavy atom.